The number of benzene rings is 1. The molecule has 1 aromatic carbocycles. The summed E-state index contributed by atoms with van der Waals surface area (Å²) >= 11 is 0. The number of halogens is 9. The first-order valence-electron chi connectivity index (χ1n) is 4.90. The van der Waals surface area contributed by atoms with Gasteiger partial charge in [0.2, 0.25) is 0 Å². The summed E-state index contributed by atoms with van der Waals surface area (Å²) in [6.45, 7) is 0. The first kappa shape index (κ1) is 17.4. The van der Waals surface area contributed by atoms with Crippen molar-refractivity contribution >= 4 is 0 Å². The average molecular weight is 328 g/mol. The molecule has 0 saturated carbocycles. The van der Waals surface area contributed by atoms with Gasteiger partial charge in [-0.2, -0.15) is 26.3 Å². The van der Waals surface area contributed by atoms with Crippen molar-refractivity contribution in [3.8, 4) is 5.75 Å². The van der Waals surface area contributed by atoms with Crippen LogP contribution in [0.1, 0.15) is 5.56 Å². The zero-order valence-electron chi connectivity index (χ0n) is 9.57. The third-order valence-corrected chi connectivity index (χ3v) is 2.33. The van der Waals surface area contributed by atoms with E-state index in [-0.39, 0.29) is 24.3 Å². The second kappa shape index (κ2) is 4.97. The van der Waals surface area contributed by atoms with Gasteiger partial charge < -0.3 is 9.84 Å². The summed E-state index contributed by atoms with van der Waals surface area (Å²) in [6, 6.07) is 0.542. The van der Waals surface area contributed by atoms with Gasteiger partial charge in [0.1, 0.15) is 5.75 Å². The van der Waals surface area contributed by atoms with Crippen molar-refractivity contribution in [1.29, 1.82) is 0 Å². The van der Waals surface area contributed by atoms with Crippen LogP contribution in [0.3, 0.4) is 0 Å². The Morgan fingerprint density at radius 1 is 0.714 bits per heavy atom. The lowest BCUT2D eigenvalue weighted by Crippen LogP contribution is -2.53. The Kier molecular flexibility index (Phi) is 4.12. The van der Waals surface area contributed by atoms with Gasteiger partial charge in [0.15, 0.2) is 0 Å². The van der Waals surface area contributed by atoms with Crippen molar-refractivity contribution in [2.75, 3.05) is 0 Å². The fourth-order valence-electron chi connectivity index (χ4n) is 1.39. The smallest absolute Gasteiger partial charge is 0.406 e. The molecule has 0 heterocycles. The van der Waals surface area contributed by atoms with Crippen LogP contribution in [-0.2, 0) is 5.60 Å². The van der Waals surface area contributed by atoms with Crippen LogP contribution in [0.15, 0.2) is 24.3 Å². The van der Waals surface area contributed by atoms with E-state index in [0.29, 0.717) is 0 Å². The van der Waals surface area contributed by atoms with E-state index in [1.807, 2.05) is 0 Å². The molecule has 1 N–H and O–H groups in total. The first-order valence-corrected chi connectivity index (χ1v) is 4.90. The lowest BCUT2D eigenvalue weighted by Gasteiger charge is -2.32. The molecule has 11 heteroatoms. The van der Waals surface area contributed by atoms with Crippen LogP contribution in [0.5, 0.6) is 5.75 Å². The molecular weight excluding hydrogens is 323 g/mol. The lowest BCUT2D eigenvalue weighted by molar-refractivity contribution is -0.376. The molecule has 0 aliphatic rings. The number of aliphatic hydroxyl groups is 1. The van der Waals surface area contributed by atoms with E-state index in [4.69, 9.17) is 5.11 Å². The van der Waals surface area contributed by atoms with Gasteiger partial charge in [0.25, 0.3) is 5.60 Å². The Balaban J connectivity index is 3.24. The van der Waals surface area contributed by atoms with Crippen molar-refractivity contribution in [1.82, 2.24) is 0 Å². The highest BCUT2D eigenvalue weighted by Crippen LogP contribution is 2.50. The minimum atomic E-state index is -6.11. The van der Waals surface area contributed by atoms with E-state index in [9.17, 15) is 39.5 Å². The quantitative estimate of drug-likeness (QED) is 0.835. The highest BCUT2D eigenvalue weighted by Gasteiger charge is 2.71. The van der Waals surface area contributed by atoms with Crippen LogP contribution in [0.4, 0.5) is 39.5 Å². The predicted octanol–water partition coefficient (Wildman–Crippen LogP) is 3.90. The number of hydrogen-bond donors (Lipinski definition) is 1. The summed E-state index contributed by atoms with van der Waals surface area (Å²) in [6.07, 6.45) is -17.4. The average Bonchev–Trinajstić information content (AvgIpc) is 2.23. The van der Waals surface area contributed by atoms with Crippen molar-refractivity contribution < 1.29 is 49.4 Å². The fourth-order valence-corrected chi connectivity index (χ4v) is 1.39. The molecule has 1 aromatic rings. The minimum absolute atomic E-state index is 0.0437. The maximum Gasteiger partial charge on any atom is 0.573 e. The molecule has 0 spiro atoms. The molecular formula is C10H5F9O2. The van der Waals surface area contributed by atoms with Crippen molar-refractivity contribution in [3.05, 3.63) is 29.8 Å². The molecule has 0 aliphatic carbocycles. The van der Waals surface area contributed by atoms with E-state index in [1.54, 1.807) is 0 Å². The summed E-state index contributed by atoms with van der Waals surface area (Å²) in [5.74, 6) is -1.03. The molecule has 0 fully saturated rings. The Bertz CT molecular complexity index is 469. The third kappa shape index (κ3) is 3.52. The third-order valence-electron chi connectivity index (χ3n) is 2.33. The molecule has 0 unspecified atom stereocenters. The largest absolute Gasteiger partial charge is 0.573 e. The van der Waals surface area contributed by atoms with Crippen molar-refractivity contribution in [2.24, 2.45) is 0 Å². The van der Waals surface area contributed by atoms with Crippen LogP contribution < -0.4 is 4.74 Å². The summed E-state index contributed by atoms with van der Waals surface area (Å²) < 4.78 is 114. The second-order valence-corrected chi connectivity index (χ2v) is 3.78. The van der Waals surface area contributed by atoms with Crippen molar-refractivity contribution in [2.45, 2.75) is 24.3 Å². The zero-order valence-corrected chi connectivity index (χ0v) is 9.57. The van der Waals surface area contributed by atoms with Crippen LogP contribution in [0.2, 0.25) is 0 Å². The zero-order chi connectivity index (χ0) is 16.7. The molecule has 120 valence electrons. The number of alkyl halides is 9. The monoisotopic (exact) mass is 328 g/mol. The Hall–Kier alpha value is -1.65. The molecule has 0 atom stereocenters. The summed E-state index contributed by atoms with van der Waals surface area (Å²) in [7, 11) is 0. The van der Waals surface area contributed by atoms with Gasteiger partial charge in [-0.15, -0.1) is 13.2 Å². The Morgan fingerprint density at radius 3 is 1.38 bits per heavy atom. The van der Waals surface area contributed by atoms with Gasteiger partial charge in [0, 0.05) is 5.56 Å². The van der Waals surface area contributed by atoms with Crippen LogP contribution >= 0.6 is 0 Å². The minimum Gasteiger partial charge on any atom is -0.406 e. The van der Waals surface area contributed by atoms with Gasteiger partial charge in [0.05, 0.1) is 0 Å². The van der Waals surface area contributed by atoms with E-state index < -0.39 is 35.6 Å². The Morgan fingerprint density at radius 2 is 1.10 bits per heavy atom. The SMILES string of the molecule is OC(c1ccc(OC(F)(F)F)cc1)(C(F)(F)F)C(F)(F)F. The van der Waals surface area contributed by atoms with Gasteiger partial charge in [-0.05, 0) is 12.1 Å². The Labute approximate surface area is 110 Å². The number of rotatable bonds is 2. The number of ether oxygens (including phenoxy) is 1. The molecule has 1 rings (SSSR count). The molecule has 0 aliphatic heterocycles. The molecule has 0 radical (unpaired) electrons. The normalized spacial score (nSPS) is 14.2. The summed E-state index contributed by atoms with van der Waals surface area (Å²) in [5, 5.41) is 8.97. The highest BCUT2D eigenvalue weighted by molar-refractivity contribution is 5.33. The number of hydrogen-bond acceptors (Lipinski definition) is 2. The summed E-state index contributed by atoms with van der Waals surface area (Å²) in [4.78, 5) is 0. The molecule has 21 heavy (non-hydrogen) atoms. The van der Waals surface area contributed by atoms with Crippen molar-refractivity contribution in [3.63, 3.8) is 0 Å². The molecule has 0 saturated heterocycles. The van der Waals surface area contributed by atoms with E-state index in [2.05, 4.69) is 4.74 Å². The fraction of sp³-hybridized carbons (Fsp3) is 0.400. The highest BCUT2D eigenvalue weighted by atomic mass is 19.4. The van der Waals surface area contributed by atoms with E-state index >= 15 is 0 Å². The first-order chi connectivity index (χ1) is 9.18. The molecule has 0 bridgehead atoms. The van der Waals surface area contributed by atoms with E-state index in [1.165, 1.54) is 0 Å². The molecule has 0 aromatic heterocycles. The molecule has 0 amide bonds. The maximum absolute atomic E-state index is 12.5. The van der Waals surface area contributed by atoms with Gasteiger partial charge in [-0.25, -0.2) is 0 Å². The van der Waals surface area contributed by atoms with Gasteiger partial charge in [-0.3, -0.25) is 0 Å². The predicted molar refractivity (Wildman–Crippen MR) is 49.1 cm³/mol. The van der Waals surface area contributed by atoms with Crippen LogP contribution in [0.25, 0.3) is 0 Å². The second-order valence-electron chi connectivity index (χ2n) is 3.78. The maximum atomic E-state index is 12.5. The topological polar surface area (TPSA) is 29.5 Å². The molecule has 2 nitrogen and oxygen atoms in total. The lowest BCUT2D eigenvalue weighted by atomic mass is 9.92. The van der Waals surface area contributed by atoms with Gasteiger partial charge >= 0.3 is 18.7 Å². The standard InChI is InChI=1S/C10H5F9O2/c11-8(12,13)7(20,9(14,15)16)5-1-3-6(4-2-5)21-10(17,18)19/h1-4,20H. The van der Waals surface area contributed by atoms with Crippen LogP contribution in [0, 0.1) is 0 Å². The van der Waals surface area contributed by atoms with Gasteiger partial charge in [-0.1, -0.05) is 12.1 Å². The van der Waals surface area contributed by atoms with E-state index in [0.717, 1.165) is 0 Å². The van der Waals surface area contributed by atoms with Crippen LogP contribution in [-0.4, -0.2) is 23.8 Å². The summed E-state index contributed by atoms with van der Waals surface area (Å²) in [5.41, 5.74) is -6.88.